The molecule has 2 rings (SSSR count). The van der Waals surface area contributed by atoms with Gasteiger partial charge >= 0.3 is 11.9 Å². The summed E-state index contributed by atoms with van der Waals surface area (Å²) in [4.78, 5) is 36.1. The first kappa shape index (κ1) is 16.7. The zero-order chi connectivity index (χ0) is 17.1. The number of hydrogen-bond acceptors (Lipinski definition) is 5. The highest BCUT2D eigenvalue weighted by Gasteiger charge is 2.21. The normalized spacial score (nSPS) is 10.8. The van der Waals surface area contributed by atoms with Crippen LogP contribution in [0.5, 0.6) is 0 Å². The van der Waals surface area contributed by atoms with Crippen LogP contribution in [0.25, 0.3) is 10.9 Å². The number of ether oxygens (including phenoxy) is 2. The second-order valence-electron chi connectivity index (χ2n) is 5.62. The number of carbonyl (C=O) groups is 3. The Kier molecular flexibility index (Phi) is 4.83. The van der Waals surface area contributed by atoms with Crippen LogP contribution in [0, 0.1) is 5.92 Å². The molecule has 0 bridgehead atoms. The summed E-state index contributed by atoms with van der Waals surface area (Å²) in [5, 5.41) is 0.676. The minimum atomic E-state index is -0.656. The molecule has 0 amide bonds. The number of rotatable bonds is 4. The van der Waals surface area contributed by atoms with E-state index in [1.165, 1.54) is 30.9 Å². The van der Waals surface area contributed by atoms with Gasteiger partial charge in [0.25, 0.3) is 0 Å². The van der Waals surface area contributed by atoms with Crippen LogP contribution < -0.4 is 0 Å². The average Bonchev–Trinajstić information content (AvgIpc) is 2.94. The predicted octanol–water partition coefficient (Wildman–Crippen LogP) is 2.90. The molecule has 0 aliphatic carbocycles. The molecule has 0 N–H and O–H groups in total. The van der Waals surface area contributed by atoms with E-state index in [-0.39, 0.29) is 23.0 Å². The van der Waals surface area contributed by atoms with Gasteiger partial charge in [-0.1, -0.05) is 13.8 Å². The summed E-state index contributed by atoms with van der Waals surface area (Å²) in [6.45, 7) is 3.91. The summed E-state index contributed by atoms with van der Waals surface area (Å²) in [5.74, 6) is -1.14. The minimum Gasteiger partial charge on any atom is -0.465 e. The van der Waals surface area contributed by atoms with E-state index < -0.39 is 11.9 Å². The standard InChI is InChI=1S/C17H19NO5/c1-10(2)7-15(19)18-6-5-11-8-12(16(20)22-3)13(9-14(11)18)17(21)23-4/h5-6,8-10H,7H2,1-4H3. The van der Waals surface area contributed by atoms with E-state index >= 15 is 0 Å². The molecule has 0 aliphatic rings. The lowest BCUT2D eigenvalue weighted by Gasteiger charge is -2.10. The van der Waals surface area contributed by atoms with Crippen LogP contribution in [0.4, 0.5) is 0 Å². The largest absolute Gasteiger partial charge is 0.465 e. The van der Waals surface area contributed by atoms with Crippen molar-refractivity contribution in [3.8, 4) is 0 Å². The van der Waals surface area contributed by atoms with Crippen LogP contribution in [-0.2, 0) is 9.47 Å². The Bertz CT molecular complexity index is 773. The maximum Gasteiger partial charge on any atom is 0.338 e. The van der Waals surface area contributed by atoms with Crippen LogP contribution in [0.3, 0.4) is 0 Å². The first-order valence-corrected chi connectivity index (χ1v) is 7.24. The predicted molar refractivity (Wildman–Crippen MR) is 84.7 cm³/mol. The number of benzene rings is 1. The van der Waals surface area contributed by atoms with Crippen molar-refractivity contribution in [1.82, 2.24) is 4.57 Å². The fraction of sp³-hybridized carbons (Fsp3) is 0.353. The topological polar surface area (TPSA) is 74.6 Å². The van der Waals surface area contributed by atoms with E-state index in [2.05, 4.69) is 0 Å². The van der Waals surface area contributed by atoms with E-state index in [4.69, 9.17) is 9.47 Å². The van der Waals surface area contributed by atoms with Gasteiger partial charge in [0.05, 0.1) is 30.9 Å². The maximum absolute atomic E-state index is 12.3. The second kappa shape index (κ2) is 6.64. The van der Waals surface area contributed by atoms with Crippen molar-refractivity contribution < 1.29 is 23.9 Å². The Morgan fingerprint density at radius 3 is 2.13 bits per heavy atom. The van der Waals surface area contributed by atoms with Crippen molar-refractivity contribution in [1.29, 1.82) is 0 Å². The molecule has 122 valence electrons. The molecule has 2 aromatic rings. The lowest BCUT2D eigenvalue weighted by molar-refractivity contribution is 0.0555. The van der Waals surface area contributed by atoms with Gasteiger partial charge < -0.3 is 9.47 Å². The molecule has 6 nitrogen and oxygen atoms in total. The lowest BCUT2D eigenvalue weighted by atomic mass is 10.0. The van der Waals surface area contributed by atoms with Gasteiger partial charge in [-0.25, -0.2) is 9.59 Å². The first-order valence-electron chi connectivity index (χ1n) is 7.24. The van der Waals surface area contributed by atoms with Crippen molar-refractivity contribution >= 4 is 28.7 Å². The van der Waals surface area contributed by atoms with E-state index in [0.29, 0.717) is 17.3 Å². The zero-order valence-electron chi connectivity index (χ0n) is 13.6. The molecule has 1 heterocycles. The Labute approximate surface area is 134 Å². The summed E-state index contributed by atoms with van der Waals surface area (Å²) >= 11 is 0. The van der Waals surface area contributed by atoms with Gasteiger partial charge in [0.1, 0.15) is 0 Å². The molecule has 6 heteroatoms. The SMILES string of the molecule is COC(=O)c1cc2ccn(C(=O)CC(C)C)c2cc1C(=O)OC. The molecule has 0 radical (unpaired) electrons. The molecule has 0 spiro atoms. The van der Waals surface area contributed by atoms with Crippen LogP contribution >= 0.6 is 0 Å². The van der Waals surface area contributed by atoms with Crippen molar-refractivity contribution in [3.63, 3.8) is 0 Å². The van der Waals surface area contributed by atoms with Crippen LogP contribution in [-0.4, -0.2) is 36.6 Å². The van der Waals surface area contributed by atoms with Gasteiger partial charge in [0, 0.05) is 18.0 Å². The van der Waals surface area contributed by atoms with Gasteiger partial charge in [0.15, 0.2) is 0 Å². The highest BCUT2D eigenvalue weighted by atomic mass is 16.5. The number of fused-ring (bicyclic) bond motifs is 1. The smallest absolute Gasteiger partial charge is 0.338 e. The average molecular weight is 317 g/mol. The third-order valence-electron chi connectivity index (χ3n) is 3.49. The molecule has 0 saturated heterocycles. The van der Waals surface area contributed by atoms with Crippen molar-refractivity contribution in [2.24, 2.45) is 5.92 Å². The first-order chi connectivity index (χ1) is 10.9. The van der Waals surface area contributed by atoms with Crippen LogP contribution in [0.2, 0.25) is 0 Å². The number of hydrogen-bond donors (Lipinski definition) is 0. The van der Waals surface area contributed by atoms with Gasteiger partial charge in [-0.15, -0.1) is 0 Å². The molecule has 0 saturated carbocycles. The second-order valence-corrected chi connectivity index (χ2v) is 5.62. The Morgan fingerprint density at radius 1 is 1.04 bits per heavy atom. The Balaban J connectivity index is 2.63. The summed E-state index contributed by atoms with van der Waals surface area (Å²) < 4.78 is 10.9. The van der Waals surface area contributed by atoms with Gasteiger partial charge in [-0.05, 0) is 24.1 Å². The molecule has 0 aliphatic heterocycles. The monoisotopic (exact) mass is 317 g/mol. The number of methoxy groups -OCH3 is 2. The van der Waals surface area contributed by atoms with E-state index in [0.717, 1.165) is 0 Å². The number of carbonyl (C=O) groups excluding carboxylic acids is 3. The zero-order valence-corrected chi connectivity index (χ0v) is 13.6. The van der Waals surface area contributed by atoms with Crippen molar-refractivity contribution in [2.45, 2.75) is 20.3 Å². The van der Waals surface area contributed by atoms with E-state index in [1.807, 2.05) is 13.8 Å². The fourth-order valence-electron chi connectivity index (χ4n) is 2.41. The number of esters is 2. The van der Waals surface area contributed by atoms with Gasteiger partial charge in [-0.3, -0.25) is 9.36 Å². The third-order valence-corrected chi connectivity index (χ3v) is 3.49. The fourth-order valence-corrected chi connectivity index (χ4v) is 2.41. The molecule has 0 unspecified atom stereocenters. The molecular weight excluding hydrogens is 298 g/mol. The summed E-state index contributed by atoms with van der Waals surface area (Å²) in [6.07, 6.45) is 2.02. The molecule has 1 aromatic carbocycles. The highest BCUT2D eigenvalue weighted by Crippen LogP contribution is 2.24. The number of nitrogens with zero attached hydrogens (tertiary/aromatic N) is 1. The minimum absolute atomic E-state index is 0.0726. The third kappa shape index (κ3) is 3.26. The van der Waals surface area contributed by atoms with Crippen LogP contribution in [0.15, 0.2) is 24.4 Å². The molecule has 1 aromatic heterocycles. The van der Waals surface area contributed by atoms with Crippen LogP contribution in [0.1, 0.15) is 45.8 Å². The summed E-state index contributed by atoms with van der Waals surface area (Å²) in [5.41, 5.74) is 0.744. The quantitative estimate of drug-likeness (QED) is 0.811. The maximum atomic E-state index is 12.3. The molecule has 23 heavy (non-hydrogen) atoms. The van der Waals surface area contributed by atoms with E-state index in [9.17, 15) is 14.4 Å². The molecule has 0 fully saturated rings. The Morgan fingerprint density at radius 2 is 1.61 bits per heavy atom. The number of aromatic nitrogens is 1. The highest BCUT2D eigenvalue weighted by molar-refractivity contribution is 6.08. The Hall–Kier alpha value is -2.63. The van der Waals surface area contributed by atoms with Crippen molar-refractivity contribution in [2.75, 3.05) is 14.2 Å². The van der Waals surface area contributed by atoms with Gasteiger partial charge in [-0.2, -0.15) is 0 Å². The summed E-state index contributed by atoms with van der Waals surface area (Å²) in [7, 11) is 2.47. The van der Waals surface area contributed by atoms with Crippen molar-refractivity contribution in [3.05, 3.63) is 35.5 Å². The molecule has 0 atom stereocenters. The summed E-state index contributed by atoms with van der Waals surface area (Å²) in [6, 6.07) is 4.75. The van der Waals surface area contributed by atoms with Gasteiger partial charge in [0.2, 0.25) is 5.91 Å². The molecular formula is C17H19NO5. The van der Waals surface area contributed by atoms with E-state index in [1.54, 1.807) is 12.3 Å². The lowest BCUT2D eigenvalue weighted by Crippen LogP contribution is -2.14.